The highest BCUT2D eigenvalue weighted by Crippen LogP contribution is 2.65. The molecule has 2 bridgehead atoms. The van der Waals surface area contributed by atoms with Gasteiger partial charge in [-0.3, -0.25) is 14.4 Å². The molecule has 0 saturated carbocycles. The number of unbranched alkanes of at least 4 members (excludes halogenated alkanes) is 1. The van der Waals surface area contributed by atoms with Crippen molar-refractivity contribution in [1.82, 2.24) is 10.2 Å². The van der Waals surface area contributed by atoms with E-state index in [-0.39, 0.29) is 30.2 Å². The van der Waals surface area contributed by atoms with Gasteiger partial charge in [0.15, 0.2) is 0 Å². The Kier molecular flexibility index (Phi) is 6.26. The molecule has 3 amide bonds. The number of anilines is 1. The molecule has 3 aliphatic rings. The summed E-state index contributed by atoms with van der Waals surface area (Å²) >= 11 is 0. The van der Waals surface area contributed by atoms with Gasteiger partial charge in [0.1, 0.15) is 11.6 Å². The van der Waals surface area contributed by atoms with Gasteiger partial charge in [0.05, 0.1) is 30.1 Å². The zero-order chi connectivity index (χ0) is 24.0. The number of benzene rings is 1. The van der Waals surface area contributed by atoms with Gasteiger partial charge in [-0.05, 0) is 44.7 Å². The molecular formula is C25H35N3O5. The minimum absolute atomic E-state index is 0.0246. The lowest BCUT2D eigenvalue weighted by Crippen LogP contribution is -2.57. The lowest BCUT2D eigenvalue weighted by molar-refractivity contribution is -0.149. The van der Waals surface area contributed by atoms with E-state index < -0.39 is 35.1 Å². The summed E-state index contributed by atoms with van der Waals surface area (Å²) in [4.78, 5) is 42.3. The van der Waals surface area contributed by atoms with Gasteiger partial charge < -0.3 is 25.4 Å². The van der Waals surface area contributed by atoms with Gasteiger partial charge in [-0.2, -0.15) is 0 Å². The minimum atomic E-state index is -1.09. The summed E-state index contributed by atoms with van der Waals surface area (Å²) in [5.74, 6) is -2.40. The number of para-hydroxylation sites is 1. The molecule has 3 unspecified atom stereocenters. The number of carbonyl (C=O) groups is 3. The molecule has 0 aromatic heterocycles. The van der Waals surface area contributed by atoms with E-state index in [0.717, 1.165) is 12.8 Å². The molecule has 0 aliphatic carbocycles. The number of ether oxygens (including phenoxy) is 1. The predicted octanol–water partition coefficient (Wildman–Crippen LogP) is 1.93. The van der Waals surface area contributed by atoms with Crippen molar-refractivity contribution in [2.24, 2.45) is 17.8 Å². The second-order valence-corrected chi connectivity index (χ2v) is 9.98. The number of aliphatic hydroxyl groups is 1. The maximum absolute atomic E-state index is 13.8. The van der Waals surface area contributed by atoms with Crippen molar-refractivity contribution in [2.45, 2.75) is 70.2 Å². The van der Waals surface area contributed by atoms with Crippen LogP contribution in [0.4, 0.5) is 5.69 Å². The standard InChI is InChI=1S/C25H35N3O5/c1-5-6-12-26-22(31)20-25-13-15(2)24(4,33-25)18(19(25)23(32)28(20)16(3)14-29)21(30)27-17-10-8-7-9-11-17/h7-11,15-16,18-20,29H,5-6,12-14H2,1-4H3,(H,26,31)(H,27,30)/t15?,16-,18+,19+,20?,24-,25?/m1/s1. The number of hydrogen-bond donors (Lipinski definition) is 3. The van der Waals surface area contributed by atoms with Crippen molar-refractivity contribution >= 4 is 23.4 Å². The number of amides is 3. The number of nitrogens with zero attached hydrogens (tertiary/aromatic N) is 1. The number of carbonyl (C=O) groups excluding carboxylic acids is 3. The maximum Gasteiger partial charge on any atom is 0.245 e. The largest absolute Gasteiger partial charge is 0.394 e. The van der Waals surface area contributed by atoms with Crippen molar-refractivity contribution < 1.29 is 24.2 Å². The number of nitrogens with one attached hydrogen (secondary N) is 2. The monoisotopic (exact) mass is 457 g/mol. The molecule has 3 aliphatic heterocycles. The van der Waals surface area contributed by atoms with Crippen LogP contribution in [0.3, 0.4) is 0 Å². The molecule has 8 heteroatoms. The summed E-state index contributed by atoms with van der Waals surface area (Å²) in [7, 11) is 0. The Morgan fingerprint density at radius 3 is 2.61 bits per heavy atom. The van der Waals surface area contributed by atoms with E-state index in [1.54, 1.807) is 19.1 Å². The molecule has 33 heavy (non-hydrogen) atoms. The highest BCUT2D eigenvalue weighted by Gasteiger charge is 2.80. The molecule has 7 atom stereocenters. The van der Waals surface area contributed by atoms with Crippen molar-refractivity contribution in [3.8, 4) is 0 Å². The Bertz CT molecular complexity index is 924. The zero-order valence-electron chi connectivity index (χ0n) is 19.8. The van der Waals surface area contributed by atoms with Crippen LogP contribution in [0.15, 0.2) is 30.3 Å². The first-order valence-corrected chi connectivity index (χ1v) is 12.0. The summed E-state index contributed by atoms with van der Waals surface area (Å²) in [6.07, 6.45) is 2.27. The second-order valence-electron chi connectivity index (χ2n) is 9.98. The Morgan fingerprint density at radius 2 is 1.97 bits per heavy atom. The fourth-order valence-electron chi connectivity index (χ4n) is 6.16. The van der Waals surface area contributed by atoms with Crippen LogP contribution in [0.2, 0.25) is 0 Å². The first-order chi connectivity index (χ1) is 15.7. The molecule has 3 saturated heterocycles. The molecule has 3 fully saturated rings. The van der Waals surface area contributed by atoms with Gasteiger partial charge in [-0.25, -0.2) is 0 Å². The van der Waals surface area contributed by atoms with E-state index in [0.29, 0.717) is 18.7 Å². The Morgan fingerprint density at radius 1 is 1.27 bits per heavy atom. The maximum atomic E-state index is 13.8. The lowest BCUT2D eigenvalue weighted by atomic mass is 9.62. The summed E-state index contributed by atoms with van der Waals surface area (Å²) in [6.45, 7) is 7.90. The molecule has 180 valence electrons. The molecule has 1 spiro atoms. The van der Waals surface area contributed by atoms with Crippen LogP contribution in [0, 0.1) is 17.8 Å². The normalized spacial score (nSPS) is 35.4. The van der Waals surface area contributed by atoms with Crippen LogP contribution in [0.25, 0.3) is 0 Å². The van der Waals surface area contributed by atoms with Crippen LogP contribution < -0.4 is 10.6 Å². The number of hydrogen-bond acceptors (Lipinski definition) is 5. The number of fused-ring (bicyclic) bond motifs is 1. The first kappa shape index (κ1) is 23.7. The fourth-order valence-corrected chi connectivity index (χ4v) is 6.16. The molecule has 8 nitrogen and oxygen atoms in total. The molecule has 4 rings (SSSR count). The summed E-state index contributed by atoms with van der Waals surface area (Å²) in [5, 5.41) is 15.8. The fraction of sp³-hybridized carbons (Fsp3) is 0.640. The SMILES string of the molecule is CCCCNC(=O)C1N([C@H](C)CO)C(=O)[C@@H]2[C@@H](C(=O)Nc3ccccc3)[C@]3(C)OC12CC3C. The second kappa shape index (κ2) is 8.72. The highest BCUT2D eigenvalue weighted by atomic mass is 16.5. The van der Waals surface area contributed by atoms with Crippen molar-refractivity contribution in [3.05, 3.63) is 30.3 Å². The van der Waals surface area contributed by atoms with Crippen LogP contribution >= 0.6 is 0 Å². The average Bonchev–Trinajstić information content (AvgIpc) is 3.31. The van der Waals surface area contributed by atoms with Gasteiger partial charge in [0.2, 0.25) is 17.7 Å². The van der Waals surface area contributed by atoms with Crippen molar-refractivity contribution in [2.75, 3.05) is 18.5 Å². The molecule has 3 N–H and O–H groups in total. The Labute approximate surface area is 195 Å². The molecule has 0 radical (unpaired) electrons. The third-order valence-electron chi connectivity index (χ3n) is 7.89. The summed E-state index contributed by atoms with van der Waals surface area (Å²) in [6, 6.07) is 7.69. The highest BCUT2D eigenvalue weighted by molar-refractivity contribution is 6.02. The topological polar surface area (TPSA) is 108 Å². The van der Waals surface area contributed by atoms with E-state index in [1.165, 1.54) is 4.90 Å². The predicted molar refractivity (Wildman–Crippen MR) is 123 cm³/mol. The van der Waals surface area contributed by atoms with Crippen LogP contribution in [-0.2, 0) is 19.1 Å². The number of aliphatic hydroxyl groups excluding tert-OH is 1. The van der Waals surface area contributed by atoms with E-state index in [9.17, 15) is 19.5 Å². The first-order valence-electron chi connectivity index (χ1n) is 12.0. The third kappa shape index (κ3) is 3.54. The van der Waals surface area contributed by atoms with Gasteiger partial charge in [0.25, 0.3) is 0 Å². The van der Waals surface area contributed by atoms with Crippen LogP contribution in [0.1, 0.15) is 47.0 Å². The van der Waals surface area contributed by atoms with Gasteiger partial charge in [-0.15, -0.1) is 0 Å². The van der Waals surface area contributed by atoms with E-state index >= 15 is 0 Å². The zero-order valence-corrected chi connectivity index (χ0v) is 19.8. The summed E-state index contributed by atoms with van der Waals surface area (Å²) < 4.78 is 6.62. The smallest absolute Gasteiger partial charge is 0.245 e. The molecule has 3 heterocycles. The Hall–Kier alpha value is -2.45. The van der Waals surface area contributed by atoms with Crippen molar-refractivity contribution in [3.63, 3.8) is 0 Å². The van der Waals surface area contributed by atoms with Crippen molar-refractivity contribution in [1.29, 1.82) is 0 Å². The van der Waals surface area contributed by atoms with E-state index in [2.05, 4.69) is 10.6 Å². The Balaban J connectivity index is 1.73. The molecule has 1 aromatic rings. The van der Waals surface area contributed by atoms with E-state index in [4.69, 9.17) is 4.74 Å². The van der Waals surface area contributed by atoms with Crippen LogP contribution in [0.5, 0.6) is 0 Å². The molecule has 1 aromatic carbocycles. The van der Waals surface area contributed by atoms with E-state index in [1.807, 2.05) is 39.0 Å². The summed E-state index contributed by atoms with van der Waals surface area (Å²) in [5.41, 5.74) is -1.31. The number of likely N-dealkylation sites (tertiary alicyclic amines) is 1. The lowest BCUT2D eigenvalue weighted by Gasteiger charge is -2.36. The molecular weight excluding hydrogens is 422 g/mol. The van der Waals surface area contributed by atoms with Gasteiger partial charge >= 0.3 is 0 Å². The number of rotatable bonds is 8. The quantitative estimate of drug-likeness (QED) is 0.517. The van der Waals surface area contributed by atoms with Gasteiger partial charge in [-0.1, -0.05) is 38.5 Å². The average molecular weight is 458 g/mol. The minimum Gasteiger partial charge on any atom is -0.394 e. The van der Waals surface area contributed by atoms with Gasteiger partial charge in [0, 0.05) is 12.2 Å². The third-order valence-corrected chi connectivity index (χ3v) is 7.89. The van der Waals surface area contributed by atoms with Crippen LogP contribution in [-0.4, -0.2) is 64.2 Å².